The van der Waals surface area contributed by atoms with E-state index < -0.39 is 0 Å². The van der Waals surface area contributed by atoms with E-state index >= 15 is 0 Å². The third-order valence-corrected chi connectivity index (χ3v) is 4.85. The van der Waals surface area contributed by atoms with E-state index in [1.165, 1.54) is 0 Å². The Morgan fingerprint density at radius 3 is 2.36 bits per heavy atom. The molecule has 2 aromatic carbocycles. The lowest BCUT2D eigenvalue weighted by molar-refractivity contribution is -0.122. The van der Waals surface area contributed by atoms with Gasteiger partial charge in [0.05, 0.1) is 6.04 Å². The average Bonchev–Trinajstić information content (AvgIpc) is 2.69. The third-order valence-electron chi connectivity index (χ3n) is 4.85. The van der Waals surface area contributed by atoms with Crippen LogP contribution in [-0.2, 0) is 4.79 Å². The number of carbonyl (C=O) groups is 2. The molecule has 3 rings (SSSR count). The summed E-state index contributed by atoms with van der Waals surface area (Å²) in [5.41, 5.74) is 2.03. The van der Waals surface area contributed by atoms with Gasteiger partial charge < -0.3 is 16.0 Å². The van der Waals surface area contributed by atoms with Crippen molar-refractivity contribution in [1.29, 1.82) is 0 Å². The minimum Gasteiger partial charge on any atom is -0.325 e. The van der Waals surface area contributed by atoms with Crippen molar-refractivity contribution in [3.05, 3.63) is 54.6 Å². The fourth-order valence-electron chi connectivity index (χ4n) is 3.56. The molecule has 1 fully saturated rings. The predicted octanol–water partition coefficient (Wildman–Crippen LogP) is 4.53. The first-order valence-electron chi connectivity index (χ1n) is 9.93. The lowest BCUT2D eigenvalue weighted by atomic mass is 10.0. The maximum Gasteiger partial charge on any atom is 0.323 e. The zero-order valence-electron chi connectivity index (χ0n) is 16.3. The van der Waals surface area contributed by atoms with Gasteiger partial charge in [-0.05, 0) is 62.7 Å². The summed E-state index contributed by atoms with van der Waals surface area (Å²) in [6.07, 6.45) is 4.17. The van der Waals surface area contributed by atoms with E-state index in [4.69, 9.17) is 0 Å². The summed E-state index contributed by atoms with van der Waals surface area (Å²) < 4.78 is 0. The Kier molecular flexibility index (Phi) is 7.03. The van der Waals surface area contributed by atoms with E-state index in [-0.39, 0.29) is 18.0 Å². The molecule has 3 amide bonds. The zero-order chi connectivity index (χ0) is 19.8. The van der Waals surface area contributed by atoms with E-state index in [0.29, 0.717) is 11.4 Å². The number of nitrogens with zero attached hydrogens (tertiary/aromatic N) is 1. The summed E-state index contributed by atoms with van der Waals surface area (Å²) in [5, 5.41) is 8.59. The number of anilines is 3. The first-order chi connectivity index (χ1) is 13.7. The minimum atomic E-state index is -0.323. The van der Waals surface area contributed by atoms with Crippen LogP contribution in [-0.4, -0.2) is 36.0 Å². The van der Waals surface area contributed by atoms with E-state index in [9.17, 15) is 9.59 Å². The summed E-state index contributed by atoms with van der Waals surface area (Å²) in [6, 6.07) is 16.1. The quantitative estimate of drug-likeness (QED) is 0.689. The van der Waals surface area contributed by atoms with Crippen LogP contribution in [0.4, 0.5) is 21.9 Å². The summed E-state index contributed by atoms with van der Waals surface area (Å²) >= 11 is 0. The van der Waals surface area contributed by atoms with Crippen LogP contribution in [0.2, 0.25) is 0 Å². The van der Waals surface area contributed by atoms with Gasteiger partial charge in [-0.25, -0.2) is 4.79 Å². The molecule has 1 unspecified atom stereocenters. The van der Waals surface area contributed by atoms with Gasteiger partial charge in [-0.15, -0.1) is 0 Å². The van der Waals surface area contributed by atoms with Crippen LogP contribution in [0.5, 0.6) is 0 Å². The molecule has 0 aliphatic carbocycles. The number of likely N-dealkylation sites (tertiary alicyclic amines) is 1. The Morgan fingerprint density at radius 2 is 1.61 bits per heavy atom. The molecule has 2 aromatic rings. The number of piperidine rings is 1. The second kappa shape index (κ2) is 9.90. The van der Waals surface area contributed by atoms with E-state index in [1.54, 1.807) is 12.1 Å². The molecule has 0 spiro atoms. The van der Waals surface area contributed by atoms with Crippen molar-refractivity contribution in [3.63, 3.8) is 0 Å². The van der Waals surface area contributed by atoms with Gasteiger partial charge in [0, 0.05) is 17.1 Å². The highest BCUT2D eigenvalue weighted by Crippen LogP contribution is 2.21. The lowest BCUT2D eigenvalue weighted by Gasteiger charge is -2.34. The topological polar surface area (TPSA) is 73.5 Å². The molecular weight excluding hydrogens is 352 g/mol. The molecule has 0 aromatic heterocycles. The van der Waals surface area contributed by atoms with Gasteiger partial charge in [0.25, 0.3) is 0 Å². The predicted molar refractivity (Wildman–Crippen MR) is 114 cm³/mol. The van der Waals surface area contributed by atoms with Crippen molar-refractivity contribution in [2.24, 2.45) is 0 Å². The van der Waals surface area contributed by atoms with Crippen molar-refractivity contribution in [3.8, 4) is 0 Å². The standard InChI is InChI=1S/C22H28N4O2/c1-2-14-26-15-7-6-13-20(26)21(27)23-18-11-8-12-19(16-18)25-22(28)24-17-9-4-3-5-10-17/h3-5,8-12,16,20H,2,6-7,13-15H2,1H3,(H,23,27)(H2,24,25,28). The number of nitrogens with one attached hydrogen (secondary N) is 3. The van der Waals surface area contributed by atoms with Gasteiger partial charge in [-0.2, -0.15) is 0 Å². The maximum atomic E-state index is 12.8. The number of carbonyl (C=O) groups excluding carboxylic acids is 2. The molecule has 0 saturated carbocycles. The van der Waals surface area contributed by atoms with Crippen molar-refractivity contribution in [2.75, 3.05) is 29.0 Å². The Labute approximate surface area is 166 Å². The molecule has 1 saturated heterocycles. The molecular formula is C22H28N4O2. The Bertz CT molecular complexity index is 792. The van der Waals surface area contributed by atoms with Crippen molar-refractivity contribution in [1.82, 2.24) is 4.90 Å². The fourth-order valence-corrected chi connectivity index (χ4v) is 3.56. The minimum absolute atomic E-state index is 0.0269. The third kappa shape index (κ3) is 5.57. The first kappa shape index (κ1) is 19.9. The van der Waals surface area contributed by atoms with Crippen LogP contribution >= 0.6 is 0 Å². The highest BCUT2D eigenvalue weighted by Gasteiger charge is 2.27. The highest BCUT2D eigenvalue weighted by molar-refractivity contribution is 6.00. The van der Waals surface area contributed by atoms with Gasteiger partial charge in [0.2, 0.25) is 5.91 Å². The monoisotopic (exact) mass is 380 g/mol. The Balaban J connectivity index is 1.59. The molecule has 6 nitrogen and oxygen atoms in total. The van der Waals surface area contributed by atoms with Crippen LogP contribution < -0.4 is 16.0 Å². The first-order valence-corrected chi connectivity index (χ1v) is 9.93. The molecule has 1 aliphatic heterocycles. The van der Waals surface area contributed by atoms with Crippen LogP contribution in [0.25, 0.3) is 0 Å². The second-order valence-corrected chi connectivity index (χ2v) is 7.06. The van der Waals surface area contributed by atoms with E-state index in [0.717, 1.165) is 44.5 Å². The normalized spacial score (nSPS) is 17.0. The molecule has 1 atom stereocenters. The van der Waals surface area contributed by atoms with Gasteiger partial charge in [0.15, 0.2) is 0 Å². The maximum absolute atomic E-state index is 12.8. The van der Waals surface area contributed by atoms with Gasteiger partial charge in [0.1, 0.15) is 0 Å². The smallest absolute Gasteiger partial charge is 0.323 e. The molecule has 28 heavy (non-hydrogen) atoms. The summed E-state index contributed by atoms with van der Waals surface area (Å²) in [6.45, 7) is 4.06. The number of para-hydroxylation sites is 1. The molecule has 1 heterocycles. The van der Waals surface area contributed by atoms with Gasteiger partial charge in [-0.3, -0.25) is 9.69 Å². The molecule has 148 valence electrons. The summed E-state index contributed by atoms with van der Waals surface area (Å²) in [5.74, 6) is 0.0269. The molecule has 6 heteroatoms. The number of hydrogen-bond acceptors (Lipinski definition) is 3. The summed E-state index contributed by atoms with van der Waals surface area (Å²) in [4.78, 5) is 27.2. The average molecular weight is 380 g/mol. The molecule has 3 N–H and O–H groups in total. The molecule has 0 bridgehead atoms. The number of rotatable bonds is 6. The van der Waals surface area contributed by atoms with Crippen LogP contribution in [0.3, 0.4) is 0 Å². The summed E-state index contributed by atoms with van der Waals surface area (Å²) in [7, 11) is 0. The Morgan fingerprint density at radius 1 is 0.929 bits per heavy atom. The second-order valence-electron chi connectivity index (χ2n) is 7.06. The number of urea groups is 1. The zero-order valence-corrected chi connectivity index (χ0v) is 16.3. The van der Waals surface area contributed by atoms with E-state index in [1.807, 2.05) is 42.5 Å². The van der Waals surface area contributed by atoms with Crippen LogP contribution in [0.15, 0.2) is 54.6 Å². The fraction of sp³-hybridized carbons (Fsp3) is 0.364. The highest BCUT2D eigenvalue weighted by atomic mass is 16.2. The van der Waals surface area contributed by atoms with Crippen LogP contribution in [0.1, 0.15) is 32.6 Å². The van der Waals surface area contributed by atoms with Crippen molar-refractivity contribution < 1.29 is 9.59 Å². The number of amides is 3. The van der Waals surface area contributed by atoms with Crippen molar-refractivity contribution >= 4 is 29.0 Å². The lowest BCUT2D eigenvalue weighted by Crippen LogP contribution is -2.47. The molecule has 1 aliphatic rings. The van der Waals surface area contributed by atoms with Gasteiger partial charge >= 0.3 is 6.03 Å². The van der Waals surface area contributed by atoms with E-state index in [2.05, 4.69) is 27.8 Å². The van der Waals surface area contributed by atoms with Gasteiger partial charge in [-0.1, -0.05) is 37.6 Å². The number of hydrogen-bond donors (Lipinski definition) is 3. The Hall–Kier alpha value is -2.86. The number of benzene rings is 2. The SMILES string of the molecule is CCCN1CCCCC1C(=O)Nc1cccc(NC(=O)Nc2ccccc2)c1. The molecule has 0 radical (unpaired) electrons. The largest absolute Gasteiger partial charge is 0.325 e. The van der Waals surface area contributed by atoms with Crippen molar-refractivity contribution in [2.45, 2.75) is 38.6 Å². The van der Waals surface area contributed by atoms with Crippen LogP contribution in [0, 0.1) is 0 Å².